The average molecular weight is 245 g/mol. The zero-order valence-electron chi connectivity index (χ0n) is 10.7. The second-order valence-corrected chi connectivity index (χ2v) is 4.59. The molecule has 17 heavy (non-hydrogen) atoms. The van der Waals surface area contributed by atoms with Crippen molar-refractivity contribution in [2.45, 2.75) is 58.0 Å². The van der Waals surface area contributed by atoms with Crippen molar-refractivity contribution in [2.24, 2.45) is 5.92 Å². The standard InChI is InChI=1S/C12H23NO4/c1-4-8-10(6-14)17-9(5-2)11(12(8)16)13-7(3)15/h8-12,14,16H,4-6H2,1-3H3,(H,13,15)/t8-,9+,10?,11?,12+/m0/s1. The van der Waals surface area contributed by atoms with Crippen LogP contribution in [0.5, 0.6) is 0 Å². The Labute approximate surface area is 102 Å². The number of ether oxygens (including phenoxy) is 1. The minimum atomic E-state index is -0.667. The van der Waals surface area contributed by atoms with Crippen molar-refractivity contribution in [2.75, 3.05) is 6.61 Å². The normalized spacial score (nSPS) is 37.8. The van der Waals surface area contributed by atoms with E-state index in [-0.39, 0.29) is 36.7 Å². The van der Waals surface area contributed by atoms with Crippen LogP contribution in [0.1, 0.15) is 33.6 Å². The van der Waals surface area contributed by atoms with Crippen molar-refractivity contribution in [3.05, 3.63) is 0 Å². The third kappa shape index (κ3) is 3.18. The number of hydrogen-bond acceptors (Lipinski definition) is 4. The zero-order chi connectivity index (χ0) is 13.0. The minimum absolute atomic E-state index is 0.0984. The summed E-state index contributed by atoms with van der Waals surface area (Å²) in [5.41, 5.74) is 0. The van der Waals surface area contributed by atoms with Crippen LogP contribution in [0.25, 0.3) is 0 Å². The van der Waals surface area contributed by atoms with Crippen molar-refractivity contribution in [1.29, 1.82) is 0 Å². The highest BCUT2D eigenvalue weighted by molar-refractivity contribution is 5.73. The Kier molecular flexibility index (Phi) is 5.36. The number of amides is 1. The van der Waals surface area contributed by atoms with Crippen molar-refractivity contribution in [3.8, 4) is 0 Å². The Morgan fingerprint density at radius 1 is 1.29 bits per heavy atom. The fourth-order valence-corrected chi connectivity index (χ4v) is 2.56. The van der Waals surface area contributed by atoms with Gasteiger partial charge in [-0.2, -0.15) is 0 Å². The van der Waals surface area contributed by atoms with E-state index < -0.39 is 6.10 Å². The zero-order valence-corrected chi connectivity index (χ0v) is 10.7. The first kappa shape index (κ1) is 14.4. The highest BCUT2D eigenvalue weighted by atomic mass is 16.5. The van der Waals surface area contributed by atoms with Crippen LogP contribution in [-0.4, -0.2) is 47.1 Å². The van der Waals surface area contributed by atoms with Crippen LogP contribution in [0.15, 0.2) is 0 Å². The molecule has 1 fully saturated rings. The molecule has 5 atom stereocenters. The van der Waals surface area contributed by atoms with Gasteiger partial charge >= 0.3 is 0 Å². The number of aliphatic hydroxyl groups is 2. The molecule has 0 radical (unpaired) electrons. The van der Waals surface area contributed by atoms with Gasteiger partial charge in [0.1, 0.15) is 0 Å². The molecular weight excluding hydrogens is 222 g/mol. The van der Waals surface area contributed by atoms with Crippen LogP contribution in [0.2, 0.25) is 0 Å². The highest BCUT2D eigenvalue weighted by Gasteiger charge is 2.43. The van der Waals surface area contributed by atoms with E-state index >= 15 is 0 Å². The predicted molar refractivity (Wildman–Crippen MR) is 63.4 cm³/mol. The molecule has 2 unspecified atom stereocenters. The van der Waals surface area contributed by atoms with Gasteiger partial charge in [-0.3, -0.25) is 4.79 Å². The molecule has 1 aliphatic rings. The maximum Gasteiger partial charge on any atom is 0.217 e. The lowest BCUT2D eigenvalue weighted by Gasteiger charge is -2.44. The Bertz CT molecular complexity index is 259. The Hall–Kier alpha value is -0.650. The van der Waals surface area contributed by atoms with Gasteiger partial charge in [-0.05, 0) is 12.8 Å². The van der Waals surface area contributed by atoms with E-state index in [1.54, 1.807) is 0 Å². The maximum atomic E-state index is 11.1. The molecule has 1 aliphatic heterocycles. The van der Waals surface area contributed by atoms with Crippen molar-refractivity contribution < 1.29 is 19.7 Å². The predicted octanol–water partition coefficient (Wildman–Crippen LogP) is 0.0479. The van der Waals surface area contributed by atoms with Crippen LogP contribution in [0.4, 0.5) is 0 Å². The lowest BCUT2D eigenvalue weighted by atomic mass is 9.83. The molecule has 0 aromatic heterocycles. The largest absolute Gasteiger partial charge is 0.394 e. The molecule has 0 aliphatic carbocycles. The van der Waals surface area contributed by atoms with Gasteiger partial charge in [-0.25, -0.2) is 0 Å². The molecule has 3 N–H and O–H groups in total. The number of carbonyl (C=O) groups excluding carboxylic acids is 1. The number of rotatable bonds is 4. The second-order valence-electron chi connectivity index (χ2n) is 4.59. The molecule has 5 nitrogen and oxygen atoms in total. The molecule has 0 saturated carbocycles. The number of carbonyl (C=O) groups is 1. The van der Waals surface area contributed by atoms with Crippen molar-refractivity contribution >= 4 is 5.91 Å². The fourth-order valence-electron chi connectivity index (χ4n) is 2.56. The molecule has 0 aromatic rings. The Morgan fingerprint density at radius 3 is 2.35 bits per heavy atom. The monoisotopic (exact) mass is 245 g/mol. The lowest BCUT2D eigenvalue weighted by Crippen LogP contribution is -2.61. The summed E-state index contributed by atoms with van der Waals surface area (Å²) >= 11 is 0. The number of nitrogens with one attached hydrogen (secondary N) is 1. The first-order valence-electron chi connectivity index (χ1n) is 6.26. The van der Waals surface area contributed by atoms with E-state index in [9.17, 15) is 15.0 Å². The third-order valence-electron chi connectivity index (χ3n) is 3.46. The SMILES string of the molecule is CC[C@H]1OC(CO)[C@H](CC)[C@@H](O)C1NC(C)=O. The van der Waals surface area contributed by atoms with Crippen LogP contribution < -0.4 is 5.32 Å². The lowest BCUT2D eigenvalue weighted by molar-refractivity contribution is -0.171. The summed E-state index contributed by atoms with van der Waals surface area (Å²) in [5, 5.41) is 22.3. The molecule has 1 rings (SSSR count). The van der Waals surface area contributed by atoms with Gasteiger partial charge in [0, 0.05) is 12.8 Å². The van der Waals surface area contributed by atoms with Crippen molar-refractivity contribution in [3.63, 3.8) is 0 Å². The third-order valence-corrected chi connectivity index (χ3v) is 3.46. The van der Waals surface area contributed by atoms with Gasteiger partial charge in [-0.15, -0.1) is 0 Å². The molecule has 0 aromatic carbocycles. The number of aliphatic hydroxyl groups excluding tert-OH is 2. The summed E-state index contributed by atoms with van der Waals surface area (Å²) in [7, 11) is 0. The van der Waals surface area contributed by atoms with Crippen LogP contribution >= 0.6 is 0 Å². The summed E-state index contributed by atoms with van der Waals surface area (Å²) in [5.74, 6) is -0.312. The summed E-state index contributed by atoms with van der Waals surface area (Å²) in [6, 6.07) is -0.384. The van der Waals surface area contributed by atoms with Crippen LogP contribution in [0.3, 0.4) is 0 Å². The molecule has 100 valence electrons. The van der Waals surface area contributed by atoms with E-state index in [2.05, 4.69) is 5.32 Å². The van der Waals surface area contributed by atoms with Crippen LogP contribution in [0, 0.1) is 5.92 Å². The Morgan fingerprint density at radius 2 is 1.94 bits per heavy atom. The first-order chi connectivity index (χ1) is 8.04. The van der Waals surface area contributed by atoms with Crippen LogP contribution in [-0.2, 0) is 9.53 Å². The smallest absolute Gasteiger partial charge is 0.217 e. The van der Waals surface area contributed by atoms with E-state index in [1.165, 1.54) is 6.92 Å². The quantitative estimate of drug-likeness (QED) is 0.654. The summed E-state index contributed by atoms with van der Waals surface area (Å²) in [6.45, 7) is 5.21. The summed E-state index contributed by atoms with van der Waals surface area (Å²) < 4.78 is 5.75. The van der Waals surface area contributed by atoms with Gasteiger partial charge in [-0.1, -0.05) is 13.8 Å². The fraction of sp³-hybridized carbons (Fsp3) is 0.917. The van der Waals surface area contributed by atoms with E-state index in [0.29, 0.717) is 12.8 Å². The molecular formula is C12H23NO4. The first-order valence-corrected chi connectivity index (χ1v) is 6.26. The van der Waals surface area contributed by atoms with E-state index in [4.69, 9.17) is 4.74 Å². The number of hydrogen-bond donors (Lipinski definition) is 3. The van der Waals surface area contributed by atoms with Gasteiger partial charge in [0.25, 0.3) is 0 Å². The van der Waals surface area contributed by atoms with Gasteiger partial charge < -0.3 is 20.3 Å². The van der Waals surface area contributed by atoms with E-state index in [1.807, 2.05) is 13.8 Å². The molecule has 1 amide bonds. The summed E-state index contributed by atoms with van der Waals surface area (Å²) in [6.07, 6.45) is 0.145. The summed E-state index contributed by atoms with van der Waals surface area (Å²) in [4.78, 5) is 11.1. The van der Waals surface area contributed by atoms with Gasteiger partial charge in [0.2, 0.25) is 5.91 Å². The highest BCUT2D eigenvalue weighted by Crippen LogP contribution is 2.29. The molecule has 1 saturated heterocycles. The average Bonchev–Trinajstić information content (AvgIpc) is 2.30. The van der Waals surface area contributed by atoms with Crippen molar-refractivity contribution in [1.82, 2.24) is 5.32 Å². The molecule has 0 bridgehead atoms. The van der Waals surface area contributed by atoms with E-state index in [0.717, 1.165) is 0 Å². The molecule has 1 heterocycles. The van der Waals surface area contributed by atoms with Gasteiger partial charge in [0.05, 0.1) is 31.0 Å². The maximum absolute atomic E-state index is 11.1. The second kappa shape index (κ2) is 6.33. The Balaban J connectivity index is 2.83. The minimum Gasteiger partial charge on any atom is -0.394 e. The molecule has 0 spiro atoms. The van der Waals surface area contributed by atoms with Gasteiger partial charge in [0.15, 0.2) is 0 Å². The topological polar surface area (TPSA) is 78.8 Å². The molecule has 5 heteroatoms.